The van der Waals surface area contributed by atoms with E-state index in [2.05, 4.69) is 5.32 Å². The lowest BCUT2D eigenvalue weighted by molar-refractivity contribution is 0.0678. The van der Waals surface area contributed by atoms with Crippen molar-refractivity contribution in [2.45, 2.75) is 43.8 Å². The molecule has 2 fully saturated rings. The van der Waals surface area contributed by atoms with E-state index in [1.54, 1.807) is 32.4 Å². The molecule has 2 aliphatic heterocycles. The molecule has 5 nitrogen and oxygen atoms in total. The highest BCUT2D eigenvalue weighted by atomic mass is 35.5. The summed E-state index contributed by atoms with van der Waals surface area (Å²) in [5.41, 5.74) is 0.565. The minimum atomic E-state index is 0. The Morgan fingerprint density at radius 1 is 1.17 bits per heavy atom. The number of amides is 1. The summed E-state index contributed by atoms with van der Waals surface area (Å²) in [7, 11) is 5.09. The van der Waals surface area contributed by atoms with Gasteiger partial charge in [0, 0.05) is 25.2 Å². The second-order valence-electron chi connectivity index (χ2n) is 6.25. The van der Waals surface area contributed by atoms with E-state index in [-0.39, 0.29) is 18.3 Å². The average molecular weight is 341 g/mol. The van der Waals surface area contributed by atoms with E-state index in [0.29, 0.717) is 35.2 Å². The van der Waals surface area contributed by atoms with E-state index in [4.69, 9.17) is 9.47 Å². The monoisotopic (exact) mass is 340 g/mol. The Bertz CT molecular complexity index is 555. The van der Waals surface area contributed by atoms with E-state index < -0.39 is 0 Å². The minimum absolute atomic E-state index is 0. The van der Waals surface area contributed by atoms with Gasteiger partial charge in [0.05, 0.1) is 19.8 Å². The zero-order chi connectivity index (χ0) is 15.7. The van der Waals surface area contributed by atoms with E-state index in [0.717, 1.165) is 12.8 Å². The van der Waals surface area contributed by atoms with Crippen LogP contribution in [0.25, 0.3) is 0 Å². The molecule has 6 heteroatoms. The molecule has 1 aromatic carbocycles. The van der Waals surface area contributed by atoms with Gasteiger partial charge in [0.2, 0.25) is 0 Å². The van der Waals surface area contributed by atoms with Gasteiger partial charge in [-0.15, -0.1) is 12.4 Å². The van der Waals surface area contributed by atoms with Crippen LogP contribution in [0.4, 0.5) is 0 Å². The molecule has 2 saturated heterocycles. The molecule has 1 N–H and O–H groups in total. The van der Waals surface area contributed by atoms with Gasteiger partial charge < -0.3 is 19.7 Å². The first-order valence-electron chi connectivity index (χ1n) is 7.87. The third-order valence-electron chi connectivity index (χ3n) is 4.95. The fraction of sp³-hybridized carbons (Fsp3) is 0.588. The van der Waals surface area contributed by atoms with Crippen LogP contribution in [-0.4, -0.2) is 50.2 Å². The third-order valence-corrected chi connectivity index (χ3v) is 4.95. The van der Waals surface area contributed by atoms with Crippen LogP contribution in [0.2, 0.25) is 0 Å². The number of nitrogens with one attached hydrogen (secondary N) is 1. The predicted octanol–water partition coefficient (Wildman–Crippen LogP) is 2.48. The first kappa shape index (κ1) is 17.9. The number of nitrogens with zero attached hydrogens (tertiary/aromatic N) is 1. The van der Waals surface area contributed by atoms with Crippen LogP contribution in [0.3, 0.4) is 0 Å². The second-order valence-corrected chi connectivity index (χ2v) is 6.25. The van der Waals surface area contributed by atoms with E-state index in [1.807, 2.05) is 11.9 Å². The van der Waals surface area contributed by atoms with Crippen molar-refractivity contribution >= 4 is 18.3 Å². The standard InChI is InChI=1S/C17H24N2O3.ClH/c1-19(13-8-11-4-5-12(9-13)18-11)17(20)15-10-14(21-2)6-7-16(15)22-3;/h6-7,10-13,18H,4-5,8-9H2,1-3H3;1H. The van der Waals surface area contributed by atoms with E-state index in [1.165, 1.54) is 12.8 Å². The van der Waals surface area contributed by atoms with Gasteiger partial charge >= 0.3 is 0 Å². The Hall–Kier alpha value is -1.46. The highest BCUT2D eigenvalue weighted by Gasteiger charge is 2.36. The van der Waals surface area contributed by atoms with Crippen molar-refractivity contribution in [1.29, 1.82) is 0 Å². The van der Waals surface area contributed by atoms with Crippen LogP contribution >= 0.6 is 12.4 Å². The normalized spacial score (nSPS) is 25.4. The highest BCUT2D eigenvalue weighted by molar-refractivity contribution is 5.97. The molecule has 0 radical (unpaired) electrons. The number of hydrogen-bond donors (Lipinski definition) is 1. The van der Waals surface area contributed by atoms with Gasteiger partial charge in [-0.25, -0.2) is 0 Å². The maximum atomic E-state index is 12.9. The molecule has 0 aliphatic carbocycles. The van der Waals surface area contributed by atoms with Gasteiger partial charge in [0.25, 0.3) is 5.91 Å². The molecule has 23 heavy (non-hydrogen) atoms. The van der Waals surface area contributed by atoms with Gasteiger partial charge in [0.15, 0.2) is 0 Å². The summed E-state index contributed by atoms with van der Waals surface area (Å²) in [6.07, 6.45) is 4.52. The molecule has 3 rings (SSSR count). The summed E-state index contributed by atoms with van der Waals surface area (Å²) in [6.45, 7) is 0. The van der Waals surface area contributed by atoms with Crippen LogP contribution < -0.4 is 14.8 Å². The van der Waals surface area contributed by atoms with Gasteiger partial charge in [-0.2, -0.15) is 0 Å². The molecule has 2 heterocycles. The largest absolute Gasteiger partial charge is 0.497 e. The highest BCUT2D eigenvalue weighted by Crippen LogP contribution is 2.31. The van der Waals surface area contributed by atoms with E-state index in [9.17, 15) is 4.79 Å². The number of piperidine rings is 1. The fourth-order valence-corrected chi connectivity index (χ4v) is 3.68. The van der Waals surface area contributed by atoms with Gasteiger partial charge in [0.1, 0.15) is 11.5 Å². The molecule has 128 valence electrons. The molecular weight excluding hydrogens is 316 g/mol. The van der Waals surface area contributed by atoms with Crippen molar-refractivity contribution in [2.75, 3.05) is 21.3 Å². The second kappa shape index (κ2) is 7.41. The van der Waals surface area contributed by atoms with Crippen molar-refractivity contribution in [3.63, 3.8) is 0 Å². The first-order valence-corrected chi connectivity index (χ1v) is 7.87. The predicted molar refractivity (Wildman–Crippen MR) is 91.9 cm³/mol. The molecule has 0 aromatic heterocycles. The van der Waals surface area contributed by atoms with Crippen LogP contribution in [0.1, 0.15) is 36.0 Å². The lowest BCUT2D eigenvalue weighted by Crippen LogP contribution is -2.48. The number of ether oxygens (including phenoxy) is 2. The van der Waals surface area contributed by atoms with Crippen LogP contribution in [-0.2, 0) is 0 Å². The van der Waals surface area contributed by atoms with Gasteiger partial charge in [-0.1, -0.05) is 0 Å². The van der Waals surface area contributed by atoms with Crippen molar-refractivity contribution in [3.8, 4) is 11.5 Å². The van der Waals surface area contributed by atoms with Crippen molar-refractivity contribution < 1.29 is 14.3 Å². The summed E-state index contributed by atoms with van der Waals surface area (Å²) in [5.74, 6) is 1.26. The summed E-state index contributed by atoms with van der Waals surface area (Å²) in [6, 6.07) is 6.76. The molecule has 0 saturated carbocycles. The Kier molecular flexibility index (Phi) is 5.76. The number of carbonyl (C=O) groups is 1. The smallest absolute Gasteiger partial charge is 0.257 e. The lowest BCUT2D eigenvalue weighted by atomic mass is 9.98. The van der Waals surface area contributed by atoms with Crippen molar-refractivity contribution in [1.82, 2.24) is 10.2 Å². The quantitative estimate of drug-likeness (QED) is 0.915. The first-order chi connectivity index (χ1) is 10.6. The maximum absolute atomic E-state index is 12.9. The number of hydrogen-bond acceptors (Lipinski definition) is 4. The van der Waals surface area contributed by atoms with Crippen LogP contribution in [0.15, 0.2) is 18.2 Å². The third kappa shape index (κ3) is 3.56. The number of benzene rings is 1. The Morgan fingerprint density at radius 3 is 2.39 bits per heavy atom. The molecule has 2 aliphatic rings. The molecular formula is C17H25ClN2O3. The molecule has 2 bridgehead atoms. The molecule has 2 unspecified atom stereocenters. The lowest BCUT2D eigenvalue weighted by Gasteiger charge is -2.35. The van der Waals surface area contributed by atoms with Crippen LogP contribution in [0, 0.1) is 0 Å². The zero-order valence-corrected chi connectivity index (χ0v) is 14.7. The summed E-state index contributed by atoms with van der Waals surface area (Å²) < 4.78 is 10.6. The summed E-state index contributed by atoms with van der Waals surface area (Å²) in [5, 5.41) is 3.61. The SMILES string of the molecule is COc1ccc(OC)c(C(=O)N(C)C2CC3CCC(C2)N3)c1.Cl. The van der Waals surface area contributed by atoms with Gasteiger partial charge in [-0.05, 0) is 43.9 Å². The van der Waals surface area contributed by atoms with Crippen molar-refractivity contribution in [3.05, 3.63) is 23.8 Å². The Morgan fingerprint density at radius 2 is 1.83 bits per heavy atom. The zero-order valence-electron chi connectivity index (χ0n) is 13.9. The molecule has 1 amide bonds. The number of fused-ring (bicyclic) bond motifs is 2. The fourth-order valence-electron chi connectivity index (χ4n) is 3.68. The molecule has 0 spiro atoms. The average Bonchev–Trinajstić information content (AvgIpc) is 2.90. The number of methoxy groups -OCH3 is 2. The van der Waals surface area contributed by atoms with Crippen molar-refractivity contribution in [2.24, 2.45) is 0 Å². The maximum Gasteiger partial charge on any atom is 0.257 e. The topological polar surface area (TPSA) is 50.8 Å². The Labute approximate surface area is 143 Å². The number of carbonyl (C=O) groups excluding carboxylic acids is 1. The minimum Gasteiger partial charge on any atom is -0.497 e. The van der Waals surface area contributed by atoms with Gasteiger partial charge in [-0.3, -0.25) is 4.79 Å². The molecule has 1 aromatic rings. The summed E-state index contributed by atoms with van der Waals surface area (Å²) in [4.78, 5) is 14.8. The van der Waals surface area contributed by atoms with E-state index >= 15 is 0 Å². The number of rotatable bonds is 4. The number of halogens is 1. The Balaban J connectivity index is 0.00000192. The van der Waals surface area contributed by atoms with Crippen LogP contribution in [0.5, 0.6) is 11.5 Å². The molecule has 2 atom stereocenters. The summed E-state index contributed by atoms with van der Waals surface area (Å²) >= 11 is 0.